The van der Waals surface area contributed by atoms with Gasteiger partial charge in [-0.1, -0.05) is 5.67 Å². The molecule has 0 aliphatic carbocycles. The molecule has 3 N–H and O–H groups in total. The molecule has 0 fully saturated rings. The van der Waals surface area contributed by atoms with Gasteiger partial charge in [-0.15, -0.1) is 0 Å². The highest BCUT2D eigenvalue weighted by Gasteiger charge is 2.43. The van der Waals surface area contributed by atoms with Gasteiger partial charge in [0.1, 0.15) is 0 Å². The van der Waals surface area contributed by atoms with Crippen molar-refractivity contribution in [2.24, 2.45) is 5.73 Å². The molecule has 0 amide bonds. The molecule has 0 radical (unpaired) electrons. The lowest BCUT2D eigenvalue weighted by Crippen LogP contribution is -2.55. The summed E-state index contributed by atoms with van der Waals surface area (Å²) in [6.45, 7) is 20.0. The van der Waals surface area contributed by atoms with Crippen molar-refractivity contribution in [3.05, 3.63) is 0 Å². The fraction of sp³-hybridized carbons (Fsp3) is 0.929. The third-order valence-electron chi connectivity index (χ3n) is 3.10. The predicted molar refractivity (Wildman–Crippen MR) is 110 cm³/mol. The first-order valence-corrected chi connectivity index (χ1v) is 19.3. The van der Waals surface area contributed by atoms with Gasteiger partial charge in [0.25, 0.3) is 0 Å². The quantitative estimate of drug-likeness (QED) is 0.393. The maximum Gasteiger partial charge on any atom is 0.369 e. The zero-order valence-electron chi connectivity index (χ0n) is 16.4. The first-order chi connectivity index (χ1) is 10.4. The standard InChI is InChI=1S/C14H38N2O3Si4/c1-9-20(2)17-22(6,7)19-23(8,18-21(3,4)5)14-10-12-16-13-11-15/h9,16H,10-15H2,1-8H3/b20-9-. The van der Waals surface area contributed by atoms with Gasteiger partial charge in [0.2, 0.25) is 8.65 Å². The van der Waals surface area contributed by atoms with Crippen LogP contribution in [0.3, 0.4) is 0 Å². The van der Waals surface area contributed by atoms with Crippen molar-refractivity contribution in [1.82, 2.24) is 5.32 Å². The summed E-state index contributed by atoms with van der Waals surface area (Å²) in [6, 6.07) is 0.996. The molecular weight excluding hydrogens is 357 g/mol. The molecule has 1 unspecified atom stereocenters. The molecule has 0 rings (SSSR count). The van der Waals surface area contributed by atoms with Gasteiger partial charge in [-0.2, -0.15) is 0 Å². The van der Waals surface area contributed by atoms with Crippen LogP contribution in [0, 0.1) is 0 Å². The van der Waals surface area contributed by atoms with E-state index in [1.807, 2.05) is 0 Å². The van der Waals surface area contributed by atoms with Gasteiger partial charge in [0, 0.05) is 13.1 Å². The molecule has 0 aromatic rings. The van der Waals surface area contributed by atoms with Crippen molar-refractivity contribution in [3.63, 3.8) is 0 Å². The van der Waals surface area contributed by atoms with Gasteiger partial charge in [-0.25, -0.2) is 0 Å². The Hall–Kier alpha value is 0.378. The third-order valence-corrected chi connectivity index (χ3v) is 16.3. The maximum atomic E-state index is 6.60. The minimum absolute atomic E-state index is 0.680. The van der Waals surface area contributed by atoms with E-state index in [0.717, 1.165) is 25.6 Å². The fourth-order valence-corrected chi connectivity index (χ4v) is 18.2. The van der Waals surface area contributed by atoms with Crippen LogP contribution in [0.15, 0.2) is 0 Å². The summed E-state index contributed by atoms with van der Waals surface area (Å²) in [6.07, 6.45) is 1.06. The first kappa shape index (κ1) is 23.4. The lowest BCUT2D eigenvalue weighted by molar-refractivity contribution is 0.328. The van der Waals surface area contributed by atoms with Crippen LogP contribution < -0.4 is 11.1 Å². The number of rotatable bonds is 12. The van der Waals surface area contributed by atoms with E-state index in [9.17, 15) is 0 Å². The van der Waals surface area contributed by atoms with E-state index in [-0.39, 0.29) is 0 Å². The molecule has 0 bridgehead atoms. The number of hydrogen-bond acceptors (Lipinski definition) is 5. The zero-order chi connectivity index (χ0) is 18.1. The number of hydrogen-bond donors (Lipinski definition) is 2. The number of nitrogens with one attached hydrogen (secondary N) is 1. The van der Waals surface area contributed by atoms with Gasteiger partial charge in [-0.3, -0.25) is 0 Å². The van der Waals surface area contributed by atoms with Gasteiger partial charge in [0.15, 0.2) is 8.32 Å². The summed E-state index contributed by atoms with van der Waals surface area (Å²) >= 11 is 0. The molecule has 0 aromatic heterocycles. The van der Waals surface area contributed by atoms with Crippen LogP contribution >= 0.6 is 0 Å². The van der Waals surface area contributed by atoms with Crippen molar-refractivity contribution >= 4 is 39.8 Å². The van der Waals surface area contributed by atoms with E-state index in [0.29, 0.717) is 6.54 Å². The van der Waals surface area contributed by atoms with Crippen molar-refractivity contribution in [2.75, 3.05) is 19.6 Å². The van der Waals surface area contributed by atoms with Crippen LogP contribution in [-0.2, 0) is 12.3 Å². The Bertz CT molecular complexity index is 376. The van der Waals surface area contributed by atoms with E-state index in [1.165, 1.54) is 0 Å². The molecular formula is C14H38N2O3Si4. The third kappa shape index (κ3) is 12.4. The Labute approximate surface area is 148 Å². The van der Waals surface area contributed by atoms with Crippen LogP contribution in [0.25, 0.3) is 0 Å². The molecule has 138 valence electrons. The molecule has 1 atom stereocenters. The van der Waals surface area contributed by atoms with E-state index < -0.39 is 34.1 Å². The smallest absolute Gasteiger partial charge is 0.369 e. The highest BCUT2D eigenvalue weighted by atomic mass is 28.5. The SMILES string of the molecule is C/C=[Si](/C)O[Si](C)(C)O[Si](C)(CCCNCCN)O[Si](C)(C)C. The zero-order valence-corrected chi connectivity index (χ0v) is 20.4. The molecule has 23 heavy (non-hydrogen) atoms. The average Bonchev–Trinajstić information content (AvgIpc) is 2.34. The Balaban J connectivity index is 4.83. The van der Waals surface area contributed by atoms with Crippen molar-refractivity contribution in [3.8, 4) is 0 Å². The number of nitrogens with two attached hydrogens (primary N) is 1. The molecule has 0 saturated carbocycles. The highest BCUT2D eigenvalue weighted by Crippen LogP contribution is 2.25. The van der Waals surface area contributed by atoms with E-state index >= 15 is 0 Å². The fourth-order valence-electron chi connectivity index (χ4n) is 2.52. The van der Waals surface area contributed by atoms with E-state index in [2.05, 4.69) is 63.7 Å². The Kier molecular flexibility index (Phi) is 10.6. The predicted octanol–water partition coefficient (Wildman–Crippen LogP) is 2.61. The van der Waals surface area contributed by atoms with E-state index in [4.69, 9.17) is 18.1 Å². The van der Waals surface area contributed by atoms with Crippen LogP contribution in [0.5, 0.6) is 0 Å². The van der Waals surface area contributed by atoms with Gasteiger partial charge < -0.3 is 23.4 Å². The lowest BCUT2D eigenvalue weighted by Gasteiger charge is -2.39. The van der Waals surface area contributed by atoms with Crippen molar-refractivity contribution < 1.29 is 12.3 Å². The lowest BCUT2D eigenvalue weighted by atomic mass is 10.5. The largest absolute Gasteiger partial charge is 0.587 e. The highest BCUT2D eigenvalue weighted by molar-refractivity contribution is 6.88. The van der Waals surface area contributed by atoms with Gasteiger partial charge in [0.05, 0.1) is 0 Å². The van der Waals surface area contributed by atoms with Crippen LogP contribution in [0.2, 0.25) is 51.9 Å². The summed E-state index contributed by atoms with van der Waals surface area (Å²) in [5.41, 5.74) is 7.68. The van der Waals surface area contributed by atoms with Crippen molar-refractivity contribution in [2.45, 2.75) is 65.2 Å². The Morgan fingerprint density at radius 1 is 1.04 bits per heavy atom. The Morgan fingerprint density at radius 2 is 1.65 bits per heavy atom. The monoisotopic (exact) mass is 394 g/mol. The molecule has 9 heteroatoms. The minimum atomic E-state index is -2.23. The van der Waals surface area contributed by atoms with Crippen molar-refractivity contribution in [1.29, 1.82) is 0 Å². The van der Waals surface area contributed by atoms with Crippen LogP contribution in [0.1, 0.15) is 13.3 Å². The molecule has 0 saturated heterocycles. The topological polar surface area (TPSA) is 65.7 Å². The molecule has 5 nitrogen and oxygen atoms in total. The summed E-state index contributed by atoms with van der Waals surface area (Å²) < 4.78 is 19.4. The first-order valence-electron chi connectivity index (χ1n) is 8.56. The van der Waals surface area contributed by atoms with Gasteiger partial charge >= 0.3 is 17.1 Å². The summed E-state index contributed by atoms with van der Waals surface area (Å²) in [5, 5.41) is 3.35. The normalized spacial score (nSPS) is 16.3. The minimum Gasteiger partial charge on any atom is -0.587 e. The summed E-state index contributed by atoms with van der Waals surface area (Å²) in [7, 11) is -6.92. The maximum absolute atomic E-state index is 6.60. The average molecular weight is 395 g/mol. The van der Waals surface area contributed by atoms with Crippen LogP contribution in [-0.4, -0.2) is 59.4 Å². The second-order valence-electron chi connectivity index (χ2n) is 7.49. The summed E-state index contributed by atoms with van der Waals surface area (Å²) in [4.78, 5) is 0. The summed E-state index contributed by atoms with van der Waals surface area (Å²) in [5.74, 6) is 0. The molecule has 0 aliphatic rings. The second kappa shape index (κ2) is 10.4. The Morgan fingerprint density at radius 3 is 2.13 bits per heavy atom. The van der Waals surface area contributed by atoms with Gasteiger partial charge in [-0.05, 0) is 71.8 Å². The molecule has 0 heterocycles. The van der Waals surface area contributed by atoms with Crippen LogP contribution in [0.4, 0.5) is 0 Å². The van der Waals surface area contributed by atoms with E-state index in [1.54, 1.807) is 0 Å². The second-order valence-corrected chi connectivity index (χ2v) is 21.5. The molecule has 0 spiro atoms. The molecule has 0 aromatic carbocycles. The molecule has 0 aliphatic heterocycles.